The molecule has 0 radical (unpaired) electrons. The molecular formula is C12H10FN3O2S. The minimum Gasteiger partial charge on any atom is -0.465 e. The Morgan fingerprint density at radius 3 is 3.00 bits per heavy atom. The summed E-state index contributed by atoms with van der Waals surface area (Å²) in [5, 5.41) is 6.81. The second-order valence-corrected chi connectivity index (χ2v) is 5.18. The van der Waals surface area contributed by atoms with Crippen LogP contribution in [-0.4, -0.2) is 33.0 Å². The van der Waals surface area contributed by atoms with Gasteiger partial charge in [-0.05, 0) is 12.1 Å². The van der Waals surface area contributed by atoms with Gasteiger partial charge in [-0.3, -0.25) is 9.89 Å². The van der Waals surface area contributed by atoms with Gasteiger partial charge in [-0.2, -0.15) is 0 Å². The lowest BCUT2D eigenvalue weighted by atomic mass is 10.2. The van der Waals surface area contributed by atoms with Gasteiger partial charge in [0.1, 0.15) is 11.1 Å². The third-order valence-corrected chi connectivity index (χ3v) is 3.83. The van der Waals surface area contributed by atoms with Gasteiger partial charge in [0.05, 0.1) is 12.2 Å². The van der Waals surface area contributed by atoms with Crippen LogP contribution < -0.4 is 0 Å². The maximum atomic E-state index is 13.6. The van der Waals surface area contributed by atoms with Crippen molar-refractivity contribution in [1.82, 2.24) is 15.2 Å². The summed E-state index contributed by atoms with van der Waals surface area (Å²) in [5.41, 5.74) is 0.357. The van der Waals surface area contributed by atoms with Crippen molar-refractivity contribution in [2.75, 3.05) is 6.61 Å². The van der Waals surface area contributed by atoms with E-state index in [4.69, 9.17) is 4.74 Å². The van der Waals surface area contributed by atoms with Crippen LogP contribution in [0.5, 0.6) is 0 Å². The van der Waals surface area contributed by atoms with Crippen molar-refractivity contribution < 1.29 is 13.9 Å². The zero-order chi connectivity index (χ0) is 13.2. The summed E-state index contributed by atoms with van der Waals surface area (Å²) in [7, 11) is 0. The standard InChI is InChI=1S/C12H10FN3O2S/c13-8-4-2-1-3-7(8)10-14-12(16-15-10)19-9-5-6-18-11(9)17/h1-4,9H,5-6H2,(H,14,15,16)/t9-/m1/s1. The maximum Gasteiger partial charge on any atom is 0.319 e. The summed E-state index contributed by atoms with van der Waals surface area (Å²) in [4.78, 5) is 15.5. The molecule has 1 atom stereocenters. The fourth-order valence-corrected chi connectivity index (χ4v) is 2.66. The Labute approximate surface area is 112 Å². The molecular weight excluding hydrogens is 269 g/mol. The molecule has 1 N–H and O–H groups in total. The molecule has 1 saturated heterocycles. The Balaban J connectivity index is 1.80. The Morgan fingerprint density at radius 2 is 2.26 bits per heavy atom. The molecule has 1 aliphatic heterocycles. The van der Waals surface area contributed by atoms with Gasteiger partial charge in [-0.25, -0.2) is 9.37 Å². The number of carbonyl (C=O) groups is 1. The molecule has 0 aliphatic carbocycles. The molecule has 0 saturated carbocycles. The predicted molar refractivity (Wildman–Crippen MR) is 67.0 cm³/mol. The molecule has 1 aromatic carbocycles. The lowest BCUT2D eigenvalue weighted by molar-refractivity contribution is -0.137. The topological polar surface area (TPSA) is 67.9 Å². The highest BCUT2D eigenvalue weighted by Crippen LogP contribution is 2.28. The molecule has 3 rings (SSSR count). The number of benzene rings is 1. The van der Waals surface area contributed by atoms with E-state index >= 15 is 0 Å². The number of carbonyl (C=O) groups excluding carboxylic acids is 1. The summed E-state index contributed by atoms with van der Waals surface area (Å²) >= 11 is 1.23. The number of rotatable bonds is 3. The van der Waals surface area contributed by atoms with E-state index < -0.39 is 0 Å². The molecule has 19 heavy (non-hydrogen) atoms. The molecule has 5 nitrogen and oxygen atoms in total. The summed E-state index contributed by atoms with van der Waals surface area (Å²) in [6, 6.07) is 6.31. The van der Waals surface area contributed by atoms with Crippen LogP contribution in [0.25, 0.3) is 11.4 Å². The first-order valence-electron chi connectivity index (χ1n) is 5.74. The summed E-state index contributed by atoms with van der Waals surface area (Å²) in [6.45, 7) is 0.432. The van der Waals surface area contributed by atoms with Crippen LogP contribution in [0.15, 0.2) is 29.4 Å². The van der Waals surface area contributed by atoms with Crippen LogP contribution in [0.3, 0.4) is 0 Å². The Morgan fingerprint density at radius 1 is 1.42 bits per heavy atom. The largest absolute Gasteiger partial charge is 0.465 e. The summed E-state index contributed by atoms with van der Waals surface area (Å²) in [5.74, 6) is -0.260. The summed E-state index contributed by atoms with van der Waals surface area (Å²) < 4.78 is 18.4. The number of esters is 1. The van der Waals surface area contributed by atoms with Crippen molar-refractivity contribution in [2.24, 2.45) is 0 Å². The quantitative estimate of drug-likeness (QED) is 0.871. The zero-order valence-electron chi connectivity index (χ0n) is 9.80. The van der Waals surface area contributed by atoms with Gasteiger partial charge in [0.2, 0.25) is 5.16 Å². The third kappa shape index (κ3) is 2.46. The molecule has 0 bridgehead atoms. The fraction of sp³-hybridized carbons (Fsp3) is 0.250. The number of nitrogens with one attached hydrogen (secondary N) is 1. The number of aromatic nitrogens is 3. The number of aromatic amines is 1. The highest BCUT2D eigenvalue weighted by molar-refractivity contribution is 8.00. The fourth-order valence-electron chi connectivity index (χ4n) is 1.78. The number of cyclic esters (lactones) is 1. The number of halogens is 1. The van der Waals surface area contributed by atoms with Crippen LogP contribution >= 0.6 is 11.8 Å². The normalized spacial score (nSPS) is 18.6. The monoisotopic (exact) mass is 279 g/mol. The van der Waals surface area contributed by atoms with Crippen LogP contribution in [0.1, 0.15) is 6.42 Å². The van der Waals surface area contributed by atoms with E-state index in [9.17, 15) is 9.18 Å². The molecule has 2 heterocycles. The van der Waals surface area contributed by atoms with E-state index in [1.807, 2.05) is 0 Å². The minimum atomic E-state index is -0.365. The van der Waals surface area contributed by atoms with Crippen molar-refractivity contribution in [1.29, 1.82) is 0 Å². The smallest absolute Gasteiger partial charge is 0.319 e. The number of hydrogen-bond donors (Lipinski definition) is 1. The maximum absolute atomic E-state index is 13.6. The predicted octanol–water partition coefficient (Wildman–Crippen LogP) is 2.02. The molecule has 0 amide bonds. The van der Waals surface area contributed by atoms with Crippen LogP contribution in [0.2, 0.25) is 0 Å². The Bertz CT molecular complexity index is 617. The van der Waals surface area contributed by atoms with Gasteiger partial charge in [-0.15, -0.1) is 5.10 Å². The third-order valence-electron chi connectivity index (χ3n) is 2.73. The highest BCUT2D eigenvalue weighted by atomic mass is 32.2. The van der Waals surface area contributed by atoms with Crippen LogP contribution in [0.4, 0.5) is 4.39 Å². The van der Waals surface area contributed by atoms with Gasteiger partial charge >= 0.3 is 5.97 Å². The van der Waals surface area contributed by atoms with Gasteiger partial charge in [-0.1, -0.05) is 23.9 Å². The number of ether oxygens (including phenoxy) is 1. The first-order valence-corrected chi connectivity index (χ1v) is 6.62. The molecule has 2 aromatic rings. The van der Waals surface area contributed by atoms with E-state index in [1.165, 1.54) is 17.8 Å². The lowest BCUT2D eigenvalue weighted by Gasteiger charge is -1.99. The van der Waals surface area contributed by atoms with E-state index in [1.54, 1.807) is 18.2 Å². The van der Waals surface area contributed by atoms with Gasteiger partial charge in [0.25, 0.3) is 0 Å². The first-order chi connectivity index (χ1) is 9.24. The number of thioether (sulfide) groups is 1. The number of nitrogens with zero attached hydrogens (tertiary/aromatic N) is 2. The zero-order valence-corrected chi connectivity index (χ0v) is 10.6. The highest BCUT2D eigenvalue weighted by Gasteiger charge is 2.29. The van der Waals surface area contributed by atoms with E-state index in [0.717, 1.165) is 0 Å². The molecule has 0 unspecified atom stereocenters. The molecule has 1 fully saturated rings. The van der Waals surface area contributed by atoms with Crippen molar-refractivity contribution >= 4 is 17.7 Å². The second kappa shape index (κ2) is 5.00. The van der Waals surface area contributed by atoms with Crippen LogP contribution in [0, 0.1) is 5.82 Å². The number of H-pyrrole nitrogens is 1. The van der Waals surface area contributed by atoms with Gasteiger partial charge in [0, 0.05) is 6.42 Å². The SMILES string of the molecule is O=C1OCC[C@H]1Sc1n[nH]c(-c2ccccc2F)n1. The van der Waals surface area contributed by atoms with E-state index in [0.29, 0.717) is 29.6 Å². The summed E-state index contributed by atoms with van der Waals surface area (Å²) in [6.07, 6.45) is 0.646. The molecule has 98 valence electrons. The van der Waals surface area contributed by atoms with Crippen molar-refractivity contribution in [3.8, 4) is 11.4 Å². The minimum absolute atomic E-state index is 0.248. The lowest BCUT2D eigenvalue weighted by Crippen LogP contribution is -2.09. The molecule has 1 aromatic heterocycles. The number of hydrogen-bond acceptors (Lipinski definition) is 5. The van der Waals surface area contributed by atoms with Gasteiger partial charge in [0.15, 0.2) is 5.82 Å². The van der Waals surface area contributed by atoms with Crippen molar-refractivity contribution in [3.05, 3.63) is 30.1 Å². The van der Waals surface area contributed by atoms with E-state index in [2.05, 4.69) is 15.2 Å². The van der Waals surface area contributed by atoms with Gasteiger partial charge < -0.3 is 4.74 Å². The Kier molecular flexibility index (Phi) is 3.20. The van der Waals surface area contributed by atoms with Crippen LogP contribution in [-0.2, 0) is 9.53 Å². The van der Waals surface area contributed by atoms with E-state index in [-0.39, 0.29) is 17.0 Å². The average molecular weight is 279 g/mol. The average Bonchev–Trinajstić information content (AvgIpc) is 3.01. The second-order valence-electron chi connectivity index (χ2n) is 4.01. The van der Waals surface area contributed by atoms with Crippen molar-refractivity contribution in [2.45, 2.75) is 16.8 Å². The first kappa shape index (κ1) is 12.2. The molecule has 1 aliphatic rings. The molecule has 7 heteroatoms. The Hall–Kier alpha value is -1.89. The van der Waals surface area contributed by atoms with Crippen molar-refractivity contribution in [3.63, 3.8) is 0 Å². The molecule has 0 spiro atoms.